The molecule has 6 heteroatoms. The van der Waals surface area contributed by atoms with E-state index in [1.807, 2.05) is 18.2 Å². The Bertz CT molecular complexity index is 1190. The fourth-order valence-electron chi connectivity index (χ4n) is 3.49. The topological polar surface area (TPSA) is 44.9 Å². The average Bonchev–Trinajstić information content (AvgIpc) is 3.05. The van der Waals surface area contributed by atoms with Crippen LogP contribution < -0.4 is 5.32 Å². The van der Waals surface area contributed by atoms with Crippen LogP contribution in [0.5, 0.6) is 0 Å². The molecule has 2 N–H and O–H groups in total. The highest BCUT2D eigenvalue weighted by Crippen LogP contribution is 2.33. The molecule has 0 saturated heterocycles. The van der Waals surface area contributed by atoms with Gasteiger partial charge in [-0.05, 0) is 36.2 Å². The lowest BCUT2D eigenvalue weighted by Gasteiger charge is -2.12. The zero-order valence-corrected chi connectivity index (χ0v) is 15.0. The van der Waals surface area contributed by atoms with E-state index < -0.39 is 23.2 Å². The molecule has 0 aliphatic heterocycles. The van der Waals surface area contributed by atoms with Crippen LogP contribution in [0.1, 0.15) is 28.4 Å². The number of hydrogen-bond acceptors (Lipinski definition) is 1. The van der Waals surface area contributed by atoms with Gasteiger partial charge < -0.3 is 10.3 Å². The van der Waals surface area contributed by atoms with Crippen molar-refractivity contribution in [1.29, 1.82) is 0 Å². The first-order valence-corrected chi connectivity index (χ1v) is 8.89. The highest BCUT2D eigenvalue weighted by atomic mass is 19.4. The average molecular weight is 382 g/mol. The summed E-state index contributed by atoms with van der Waals surface area (Å²) >= 11 is 0. The van der Waals surface area contributed by atoms with Gasteiger partial charge in [-0.2, -0.15) is 13.2 Å². The van der Waals surface area contributed by atoms with Gasteiger partial charge in [0, 0.05) is 27.5 Å². The fraction of sp³-hybridized carbons (Fsp3) is 0.136. The predicted molar refractivity (Wildman–Crippen MR) is 105 cm³/mol. The Morgan fingerprint density at radius 1 is 1.00 bits per heavy atom. The van der Waals surface area contributed by atoms with Gasteiger partial charge in [0.25, 0.3) is 5.91 Å². The van der Waals surface area contributed by atoms with Gasteiger partial charge in [0.15, 0.2) is 0 Å². The SMILES string of the molecule is CCc1cccc2c1[nH]c1cc(NC(=O)c3ccccc3C(F)(F)F)ccc12. The summed E-state index contributed by atoms with van der Waals surface area (Å²) in [4.78, 5) is 15.8. The van der Waals surface area contributed by atoms with Crippen LogP contribution in [0.4, 0.5) is 18.9 Å². The second-order valence-corrected chi connectivity index (χ2v) is 6.58. The van der Waals surface area contributed by atoms with Crippen LogP contribution in [-0.2, 0) is 12.6 Å². The zero-order chi connectivity index (χ0) is 19.9. The first kappa shape index (κ1) is 18.1. The van der Waals surface area contributed by atoms with Gasteiger partial charge >= 0.3 is 6.18 Å². The van der Waals surface area contributed by atoms with Gasteiger partial charge in [0.2, 0.25) is 0 Å². The van der Waals surface area contributed by atoms with Crippen molar-refractivity contribution in [2.24, 2.45) is 0 Å². The zero-order valence-electron chi connectivity index (χ0n) is 15.0. The molecule has 3 aromatic carbocycles. The van der Waals surface area contributed by atoms with E-state index in [0.29, 0.717) is 5.69 Å². The van der Waals surface area contributed by atoms with E-state index in [4.69, 9.17) is 0 Å². The van der Waals surface area contributed by atoms with Crippen LogP contribution >= 0.6 is 0 Å². The van der Waals surface area contributed by atoms with Crippen LogP contribution in [0.15, 0.2) is 60.7 Å². The number of amides is 1. The Morgan fingerprint density at radius 3 is 2.54 bits per heavy atom. The molecule has 0 aliphatic rings. The lowest BCUT2D eigenvalue weighted by Crippen LogP contribution is -2.18. The number of aryl methyl sites for hydroxylation is 1. The van der Waals surface area contributed by atoms with Crippen LogP contribution in [0.3, 0.4) is 0 Å². The summed E-state index contributed by atoms with van der Waals surface area (Å²) < 4.78 is 39.5. The third-order valence-corrected chi connectivity index (χ3v) is 4.84. The molecule has 4 rings (SSSR count). The molecular weight excluding hydrogens is 365 g/mol. The molecule has 1 heterocycles. The van der Waals surface area contributed by atoms with Crippen molar-refractivity contribution >= 4 is 33.4 Å². The Hall–Kier alpha value is -3.28. The molecule has 3 nitrogen and oxygen atoms in total. The minimum Gasteiger partial charge on any atom is -0.354 e. The van der Waals surface area contributed by atoms with E-state index in [2.05, 4.69) is 23.3 Å². The third kappa shape index (κ3) is 3.11. The lowest BCUT2D eigenvalue weighted by atomic mass is 10.1. The number of para-hydroxylation sites is 1. The number of aromatic nitrogens is 1. The number of hydrogen-bond donors (Lipinski definition) is 2. The summed E-state index contributed by atoms with van der Waals surface area (Å²) in [5, 5.41) is 4.65. The predicted octanol–water partition coefficient (Wildman–Crippen LogP) is 6.15. The summed E-state index contributed by atoms with van der Waals surface area (Å²) in [5.74, 6) is -0.794. The summed E-state index contributed by atoms with van der Waals surface area (Å²) in [6, 6.07) is 16.1. The van der Waals surface area contributed by atoms with Gasteiger partial charge in [0.1, 0.15) is 0 Å². The van der Waals surface area contributed by atoms with Crippen molar-refractivity contribution in [3.63, 3.8) is 0 Å². The Kier molecular flexibility index (Phi) is 4.34. The van der Waals surface area contributed by atoms with E-state index in [0.717, 1.165) is 34.3 Å². The quantitative estimate of drug-likeness (QED) is 0.438. The lowest BCUT2D eigenvalue weighted by molar-refractivity contribution is -0.137. The van der Waals surface area contributed by atoms with Crippen molar-refractivity contribution in [3.8, 4) is 0 Å². The standard InChI is InChI=1S/C22H17F3N2O/c1-2-13-6-5-8-16-15-11-10-14(12-19(15)27-20(13)16)26-21(28)17-7-3-4-9-18(17)22(23,24)25/h3-12,27H,2H2,1H3,(H,26,28). The van der Waals surface area contributed by atoms with E-state index in [9.17, 15) is 18.0 Å². The summed E-state index contributed by atoms with van der Waals surface area (Å²) in [7, 11) is 0. The number of rotatable bonds is 3. The molecule has 4 aromatic rings. The van der Waals surface area contributed by atoms with Crippen molar-refractivity contribution in [3.05, 3.63) is 77.4 Å². The van der Waals surface area contributed by atoms with Crippen LogP contribution in [0.2, 0.25) is 0 Å². The Balaban J connectivity index is 1.71. The monoisotopic (exact) mass is 382 g/mol. The first-order valence-electron chi connectivity index (χ1n) is 8.89. The van der Waals surface area contributed by atoms with Gasteiger partial charge in [-0.1, -0.05) is 43.3 Å². The Labute approximate surface area is 159 Å². The van der Waals surface area contributed by atoms with E-state index in [1.165, 1.54) is 23.8 Å². The molecule has 142 valence electrons. The number of carbonyl (C=O) groups is 1. The number of benzene rings is 3. The molecule has 0 bridgehead atoms. The maximum absolute atomic E-state index is 13.2. The fourth-order valence-corrected chi connectivity index (χ4v) is 3.49. The second-order valence-electron chi connectivity index (χ2n) is 6.58. The molecule has 0 radical (unpaired) electrons. The van der Waals surface area contributed by atoms with Gasteiger partial charge in [-0.3, -0.25) is 4.79 Å². The van der Waals surface area contributed by atoms with Crippen molar-refractivity contribution in [1.82, 2.24) is 4.98 Å². The molecule has 0 unspecified atom stereocenters. The van der Waals surface area contributed by atoms with Crippen LogP contribution in [0.25, 0.3) is 21.8 Å². The largest absolute Gasteiger partial charge is 0.417 e. The van der Waals surface area contributed by atoms with Crippen molar-refractivity contribution < 1.29 is 18.0 Å². The first-order chi connectivity index (χ1) is 13.4. The van der Waals surface area contributed by atoms with E-state index in [1.54, 1.807) is 12.1 Å². The number of aromatic amines is 1. The minimum absolute atomic E-state index is 0.403. The van der Waals surface area contributed by atoms with Crippen molar-refractivity contribution in [2.75, 3.05) is 5.32 Å². The number of fused-ring (bicyclic) bond motifs is 3. The summed E-state index contributed by atoms with van der Waals surface area (Å²) in [6.45, 7) is 2.07. The normalized spacial score (nSPS) is 11.9. The highest BCUT2D eigenvalue weighted by Gasteiger charge is 2.34. The molecule has 0 fully saturated rings. The van der Waals surface area contributed by atoms with Crippen molar-refractivity contribution in [2.45, 2.75) is 19.5 Å². The smallest absolute Gasteiger partial charge is 0.354 e. The number of H-pyrrole nitrogens is 1. The molecule has 0 saturated carbocycles. The maximum atomic E-state index is 13.2. The molecule has 0 aliphatic carbocycles. The van der Waals surface area contributed by atoms with Crippen LogP contribution in [0, 0.1) is 0 Å². The van der Waals surface area contributed by atoms with E-state index in [-0.39, 0.29) is 0 Å². The third-order valence-electron chi connectivity index (χ3n) is 4.84. The second kappa shape index (κ2) is 6.71. The van der Waals surface area contributed by atoms with Gasteiger partial charge in [-0.25, -0.2) is 0 Å². The van der Waals surface area contributed by atoms with E-state index >= 15 is 0 Å². The van der Waals surface area contributed by atoms with Gasteiger partial charge in [-0.15, -0.1) is 0 Å². The molecule has 1 amide bonds. The molecule has 28 heavy (non-hydrogen) atoms. The van der Waals surface area contributed by atoms with Crippen LogP contribution in [-0.4, -0.2) is 10.9 Å². The molecule has 1 aromatic heterocycles. The number of anilines is 1. The number of carbonyl (C=O) groups excluding carboxylic acids is 1. The number of alkyl halides is 3. The number of nitrogens with one attached hydrogen (secondary N) is 2. The highest BCUT2D eigenvalue weighted by molar-refractivity contribution is 6.11. The molecule has 0 spiro atoms. The maximum Gasteiger partial charge on any atom is 0.417 e. The van der Waals surface area contributed by atoms with Gasteiger partial charge in [0.05, 0.1) is 11.1 Å². The summed E-state index contributed by atoms with van der Waals surface area (Å²) in [5.41, 5.74) is 2.10. The summed E-state index contributed by atoms with van der Waals surface area (Å²) in [6.07, 6.45) is -3.71. The minimum atomic E-state index is -4.59. The molecule has 0 atom stereocenters. The molecular formula is C22H17F3N2O. The number of halogens is 3. The Morgan fingerprint density at radius 2 is 1.79 bits per heavy atom.